The van der Waals surface area contributed by atoms with Gasteiger partial charge in [0.2, 0.25) is 5.91 Å². The Morgan fingerprint density at radius 2 is 1.67 bits per heavy atom. The minimum Gasteiger partial charge on any atom is -0.393 e. The van der Waals surface area contributed by atoms with Crippen LogP contribution in [0.5, 0.6) is 0 Å². The van der Waals surface area contributed by atoms with E-state index in [1.54, 1.807) is 4.90 Å². The molecule has 2 N–H and O–H groups in total. The van der Waals surface area contributed by atoms with Crippen LogP contribution in [0.15, 0.2) is 24.3 Å². The van der Waals surface area contributed by atoms with Gasteiger partial charge in [-0.2, -0.15) is 0 Å². The number of rotatable bonds is 3. The fourth-order valence-electron chi connectivity index (χ4n) is 6.78. The van der Waals surface area contributed by atoms with E-state index in [0.29, 0.717) is 43.2 Å². The molecular weight excluding hydrogens is 345 g/mol. The third-order valence-corrected chi connectivity index (χ3v) is 8.03. The van der Waals surface area contributed by atoms with Gasteiger partial charge in [-0.1, -0.05) is 12.1 Å². The Morgan fingerprint density at radius 1 is 1.04 bits per heavy atom. The lowest BCUT2D eigenvalue weighted by molar-refractivity contribution is -0.146. The monoisotopic (exact) mass is 373 g/mol. The van der Waals surface area contributed by atoms with Crippen LogP contribution in [0.1, 0.15) is 44.1 Å². The third kappa shape index (κ3) is 2.73. The number of fused-ring (bicyclic) bond motifs is 1. The first-order valence-corrected chi connectivity index (χ1v) is 10.4. The number of benzene rings is 1. The van der Waals surface area contributed by atoms with Gasteiger partial charge in [-0.05, 0) is 73.5 Å². The lowest BCUT2D eigenvalue weighted by Gasteiger charge is -2.56. The zero-order chi connectivity index (χ0) is 18.8. The number of halogens is 1. The van der Waals surface area contributed by atoms with Crippen LogP contribution in [0.4, 0.5) is 4.39 Å². The van der Waals surface area contributed by atoms with E-state index >= 15 is 0 Å². The molecule has 0 aromatic heterocycles. The summed E-state index contributed by atoms with van der Waals surface area (Å²) in [6.07, 6.45) is 4.75. The topological polar surface area (TPSA) is 60.8 Å². The summed E-state index contributed by atoms with van der Waals surface area (Å²) in [5.74, 6) is 1.45. The van der Waals surface area contributed by atoms with Crippen molar-refractivity contribution in [1.82, 2.24) is 4.90 Å². The van der Waals surface area contributed by atoms with Gasteiger partial charge in [-0.25, -0.2) is 4.39 Å². The maximum absolute atomic E-state index is 13.6. The summed E-state index contributed by atoms with van der Waals surface area (Å²) in [5.41, 5.74) is 0.823. The Morgan fingerprint density at radius 3 is 2.26 bits per heavy atom. The molecule has 5 fully saturated rings. The van der Waals surface area contributed by atoms with Crippen molar-refractivity contribution in [3.05, 3.63) is 35.6 Å². The number of hydrogen-bond acceptors (Lipinski definition) is 3. The first-order valence-electron chi connectivity index (χ1n) is 10.4. The highest BCUT2D eigenvalue weighted by molar-refractivity contribution is 5.79. The van der Waals surface area contributed by atoms with E-state index in [4.69, 9.17) is 0 Å². The van der Waals surface area contributed by atoms with Gasteiger partial charge in [0.1, 0.15) is 5.82 Å². The predicted molar refractivity (Wildman–Crippen MR) is 98.3 cm³/mol. The Hall–Kier alpha value is -1.46. The molecule has 146 valence electrons. The highest BCUT2D eigenvalue weighted by Gasteiger charge is 2.58. The van der Waals surface area contributed by atoms with Gasteiger partial charge in [-0.15, -0.1) is 0 Å². The average Bonchev–Trinajstić information content (AvgIpc) is 2.81. The molecule has 27 heavy (non-hydrogen) atoms. The lowest BCUT2D eigenvalue weighted by Crippen LogP contribution is -2.58. The molecule has 1 aromatic rings. The van der Waals surface area contributed by atoms with Crippen molar-refractivity contribution in [2.24, 2.45) is 23.7 Å². The number of nitrogens with zero attached hydrogens (tertiary/aromatic N) is 1. The Kier molecular flexibility index (Phi) is 4.10. The van der Waals surface area contributed by atoms with Gasteiger partial charge >= 0.3 is 0 Å². The molecule has 4 bridgehead atoms. The van der Waals surface area contributed by atoms with Gasteiger partial charge in [-0.3, -0.25) is 4.79 Å². The largest absolute Gasteiger partial charge is 0.393 e. The molecule has 2 unspecified atom stereocenters. The molecular formula is C22H28FNO3. The van der Waals surface area contributed by atoms with Crippen molar-refractivity contribution in [2.45, 2.75) is 56.1 Å². The van der Waals surface area contributed by atoms with Crippen LogP contribution in [0.2, 0.25) is 0 Å². The number of aliphatic hydroxyl groups excluding tert-OH is 2. The Bertz CT molecular complexity index is 714. The first-order chi connectivity index (χ1) is 13.0. The van der Waals surface area contributed by atoms with Gasteiger partial charge in [0.25, 0.3) is 0 Å². The van der Waals surface area contributed by atoms with E-state index in [1.165, 1.54) is 12.1 Å². The number of β-amino-alcohol motifs (C(OH)–C–C–N with tert-alkyl or cyclic N) is 1. The third-order valence-electron chi connectivity index (χ3n) is 8.03. The molecule has 3 atom stereocenters. The van der Waals surface area contributed by atoms with Crippen LogP contribution in [-0.2, 0) is 10.2 Å². The number of carbonyl (C=O) groups is 1. The maximum Gasteiger partial charge on any atom is 0.223 e. The van der Waals surface area contributed by atoms with E-state index in [0.717, 1.165) is 37.7 Å². The number of amides is 1. The summed E-state index contributed by atoms with van der Waals surface area (Å²) in [6, 6.07) is 6.79. The van der Waals surface area contributed by atoms with Crippen molar-refractivity contribution < 1.29 is 19.4 Å². The molecule has 5 heteroatoms. The molecule has 4 saturated carbocycles. The predicted octanol–water partition coefficient (Wildman–Crippen LogP) is 2.47. The molecule has 6 rings (SSSR count). The molecule has 1 heterocycles. The van der Waals surface area contributed by atoms with Crippen LogP contribution in [0, 0.1) is 29.5 Å². The van der Waals surface area contributed by atoms with Crippen molar-refractivity contribution in [3.63, 3.8) is 0 Å². The molecule has 0 spiro atoms. The fraction of sp³-hybridized carbons (Fsp3) is 0.682. The molecule has 1 amide bonds. The lowest BCUT2D eigenvalue weighted by atomic mass is 9.48. The van der Waals surface area contributed by atoms with E-state index in [1.807, 2.05) is 12.1 Å². The van der Waals surface area contributed by atoms with E-state index in [9.17, 15) is 19.4 Å². The second kappa shape index (κ2) is 6.28. The second-order valence-electron chi connectivity index (χ2n) is 9.44. The maximum atomic E-state index is 13.6. The minimum absolute atomic E-state index is 0.108. The number of carbonyl (C=O) groups excluding carboxylic acids is 1. The molecule has 0 radical (unpaired) electrons. The van der Waals surface area contributed by atoms with Crippen LogP contribution < -0.4 is 0 Å². The van der Waals surface area contributed by atoms with Crippen LogP contribution >= 0.6 is 0 Å². The average molecular weight is 373 g/mol. The van der Waals surface area contributed by atoms with E-state index in [-0.39, 0.29) is 23.2 Å². The number of likely N-dealkylation sites (tertiary alicyclic amines) is 1. The standard InChI is InChI=1S/C22H28FNO3/c23-18-3-1-15(2-4-18)22(10-21(27)24-11-19(25)12-24)16-5-13-6-17(22)9-14(8-16)20(26)7-13/h1-4,13-14,16-17,19-20,25-26H,5-12H2/t13?,14?,16?,17?,20-,22?/m1/s1. The van der Waals surface area contributed by atoms with Crippen molar-refractivity contribution >= 4 is 5.91 Å². The normalized spacial score (nSPS) is 40.7. The molecule has 1 aromatic carbocycles. The summed E-state index contributed by atoms with van der Waals surface area (Å²) >= 11 is 0. The molecule has 1 aliphatic heterocycles. The van der Waals surface area contributed by atoms with Gasteiger partial charge < -0.3 is 15.1 Å². The van der Waals surface area contributed by atoms with Gasteiger partial charge in [0.05, 0.1) is 12.2 Å². The Balaban J connectivity index is 1.53. The highest BCUT2D eigenvalue weighted by Crippen LogP contribution is 2.62. The summed E-state index contributed by atoms with van der Waals surface area (Å²) in [7, 11) is 0. The summed E-state index contributed by atoms with van der Waals surface area (Å²) in [5, 5.41) is 20.2. The fourth-order valence-corrected chi connectivity index (χ4v) is 6.78. The number of aliphatic hydroxyl groups is 2. The number of hydrogen-bond donors (Lipinski definition) is 2. The minimum atomic E-state index is -0.396. The zero-order valence-electron chi connectivity index (χ0n) is 15.6. The molecule has 5 aliphatic rings. The molecule has 1 saturated heterocycles. The SMILES string of the molecule is O=C(CC1(c2ccc(F)cc2)C2CC3CC1CC(C2)[C@H](O)C3)N1CC(O)C1. The Labute approximate surface area is 159 Å². The quantitative estimate of drug-likeness (QED) is 0.856. The van der Waals surface area contributed by atoms with Crippen LogP contribution in [-0.4, -0.2) is 46.3 Å². The van der Waals surface area contributed by atoms with Crippen molar-refractivity contribution in [2.75, 3.05) is 13.1 Å². The zero-order valence-corrected chi connectivity index (χ0v) is 15.6. The van der Waals surface area contributed by atoms with Crippen LogP contribution in [0.3, 0.4) is 0 Å². The van der Waals surface area contributed by atoms with Gasteiger partial charge in [0, 0.05) is 24.9 Å². The summed E-state index contributed by atoms with van der Waals surface area (Å²) in [6.45, 7) is 0.856. The summed E-state index contributed by atoms with van der Waals surface area (Å²) < 4.78 is 13.6. The van der Waals surface area contributed by atoms with Crippen molar-refractivity contribution in [1.29, 1.82) is 0 Å². The molecule has 4 nitrogen and oxygen atoms in total. The highest BCUT2D eigenvalue weighted by atomic mass is 19.1. The van der Waals surface area contributed by atoms with E-state index < -0.39 is 6.10 Å². The summed E-state index contributed by atoms with van der Waals surface area (Å²) in [4.78, 5) is 14.8. The van der Waals surface area contributed by atoms with Crippen LogP contribution in [0.25, 0.3) is 0 Å². The smallest absolute Gasteiger partial charge is 0.223 e. The second-order valence-corrected chi connectivity index (χ2v) is 9.44. The van der Waals surface area contributed by atoms with Crippen molar-refractivity contribution in [3.8, 4) is 0 Å². The van der Waals surface area contributed by atoms with E-state index in [2.05, 4.69) is 0 Å². The van der Waals surface area contributed by atoms with Gasteiger partial charge in [0.15, 0.2) is 0 Å². The molecule has 4 aliphatic carbocycles. The first kappa shape index (κ1) is 17.6.